The third kappa shape index (κ3) is 4.56. The van der Waals surface area contributed by atoms with Crippen LogP contribution in [0.2, 0.25) is 5.02 Å². The Bertz CT molecular complexity index is 686. The largest absolute Gasteiger partial charge is 0.452 e. The number of benzene rings is 1. The first-order chi connectivity index (χ1) is 11.5. The second kappa shape index (κ2) is 7.93. The Kier molecular flexibility index (Phi) is 5.93. The van der Waals surface area contributed by atoms with Gasteiger partial charge in [-0.1, -0.05) is 17.7 Å². The van der Waals surface area contributed by atoms with Crippen LogP contribution in [0.1, 0.15) is 31.2 Å². The molecule has 2 rings (SSSR count). The van der Waals surface area contributed by atoms with Gasteiger partial charge in [0.2, 0.25) is 0 Å². The molecule has 126 valence electrons. The molecule has 0 aliphatic heterocycles. The fraction of sp³-hybridized carbons (Fsp3) is 0.353. The molecule has 5 nitrogen and oxygen atoms in total. The number of halogens is 2. The number of nitriles is 1. The molecule has 0 bridgehead atoms. The summed E-state index contributed by atoms with van der Waals surface area (Å²) in [5, 5.41) is 11.9. The highest BCUT2D eigenvalue weighted by Gasteiger charge is 2.35. The molecule has 1 aliphatic rings. The van der Waals surface area contributed by atoms with Crippen LogP contribution in [-0.2, 0) is 14.3 Å². The summed E-state index contributed by atoms with van der Waals surface area (Å²) in [6.07, 6.45) is 5.11. The van der Waals surface area contributed by atoms with Gasteiger partial charge in [-0.3, -0.25) is 4.79 Å². The Morgan fingerprint density at radius 1 is 1.42 bits per heavy atom. The number of nitrogens with zero attached hydrogens (tertiary/aromatic N) is 1. The van der Waals surface area contributed by atoms with Crippen molar-refractivity contribution in [1.29, 1.82) is 5.26 Å². The van der Waals surface area contributed by atoms with Crippen LogP contribution in [-0.4, -0.2) is 24.0 Å². The summed E-state index contributed by atoms with van der Waals surface area (Å²) in [4.78, 5) is 23.4. The lowest BCUT2D eigenvalue weighted by Gasteiger charge is -2.21. The highest BCUT2D eigenvalue weighted by atomic mass is 35.5. The maximum atomic E-state index is 13.5. The molecule has 0 radical (unpaired) electrons. The lowest BCUT2D eigenvalue weighted by molar-refractivity contribution is -0.144. The lowest BCUT2D eigenvalue weighted by atomic mass is 10.00. The Balaban J connectivity index is 1.86. The number of hydrogen-bond acceptors (Lipinski definition) is 4. The van der Waals surface area contributed by atoms with E-state index in [2.05, 4.69) is 11.4 Å². The van der Waals surface area contributed by atoms with Crippen molar-refractivity contribution in [1.82, 2.24) is 5.32 Å². The Morgan fingerprint density at radius 3 is 2.75 bits per heavy atom. The Morgan fingerprint density at radius 2 is 2.12 bits per heavy atom. The number of ether oxygens (including phenoxy) is 1. The van der Waals surface area contributed by atoms with Crippen molar-refractivity contribution in [3.8, 4) is 6.07 Å². The highest BCUT2D eigenvalue weighted by Crippen LogP contribution is 2.28. The van der Waals surface area contributed by atoms with Crippen molar-refractivity contribution in [3.05, 3.63) is 40.7 Å². The van der Waals surface area contributed by atoms with Crippen LogP contribution in [0.25, 0.3) is 6.08 Å². The summed E-state index contributed by atoms with van der Waals surface area (Å²) in [6.45, 7) is -0.502. The molecule has 1 aliphatic carbocycles. The average Bonchev–Trinajstić information content (AvgIpc) is 3.01. The zero-order valence-corrected chi connectivity index (χ0v) is 13.6. The second-order valence-electron chi connectivity index (χ2n) is 5.53. The quantitative estimate of drug-likeness (QED) is 0.654. The minimum atomic E-state index is -0.861. The molecule has 0 spiro atoms. The van der Waals surface area contributed by atoms with Crippen LogP contribution >= 0.6 is 11.6 Å². The summed E-state index contributed by atoms with van der Waals surface area (Å²) >= 11 is 5.83. The second-order valence-corrected chi connectivity index (χ2v) is 5.93. The van der Waals surface area contributed by atoms with Gasteiger partial charge in [0.15, 0.2) is 6.61 Å². The molecule has 0 heterocycles. The van der Waals surface area contributed by atoms with Crippen molar-refractivity contribution in [3.63, 3.8) is 0 Å². The van der Waals surface area contributed by atoms with Crippen molar-refractivity contribution in [2.24, 2.45) is 0 Å². The van der Waals surface area contributed by atoms with Crippen LogP contribution in [0.15, 0.2) is 24.3 Å². The summed E-state index contributed by atoms with van der Waals surface area (Å²) in [5.74, 6) is -1.91. The Hall–Kier alpha value is -2.39. The van der Waals surface area contributed by atoms with Gasteiger partial charge < -0.3 is 10.1 Å². The monoisotopic (exact) mass is 350 g/mol. The molecule has 24 heavy (non-hydrogen) atoms. The Labute approximate surface area is 144 Å². The predicted molar refractivity (Wildman–Crippen MR) is 86.4 cm³/mol. The van der Waals surface area contributed by atoms with Crippen LogP contribution in [0, 0.1) is 17.1 Å². The van der Waals surface area contributed by atoms with Crippen LogP contribution < -0.4 is 5.32 Å². The number of carbonyl (C=O) groups is 2. The van der Waals surface area contributed by atoms with Gasteiger partial charge >= 0.3 is 5.97 Å². The fourth-order valence-electron chi connectivity index (χ4n) is 2.55. The van der Waals surface area contributed by atoms with Gasteiger partial charge in [-0.2, -0.15) is 5.26 Å². The predicted octanol–water partition coefficient (Wildman–Crippen LogP) is 2.99. The molecule has 1 aromatic rings. The van der Waals surface area contributed by atoms with Gasteiger partial charge in [-0.25, -0.2) is 9.18 Å². The molecule has 1 saturated carbocycles. The molecule has 0 atom stereocenters. The molecular weight excluding hydrogens is 335 g/mol. The normalized spacial score (nSPS) is 15.9. The van der Waals surface area contributed by atoms with Crippen molar-refractivity contribution >= 4 is 29.6 Å². The summed E-state index contributed by atoms with van der Waals surface area (Å²) < 4.78 is 18.3. The van der Waals surface area contributed by atoms with E-state index in [1.54, 1.807) is 0 Å². The highest BCUT2D eigenvalue weighted by molar-refractivity contribution is 6.32. The number of amides is 1. The minimum absolute atomic E-state index is 0.0648. The zero-order valence-electron chi connectivity index (χ0n) is 12.9. The standard InChI is InChI=1S/C17H16ClFN2O3/c18-13-4-3-5-14(19)12(13)6-7-16(23)24-10-15(22)21-17(11-20)8-1-2-9-17/h3-7H,1-2,8-10H2,(H,21,22)/b7-6+. The van der Waals surface area contributed by atoms with Crippen molar-refractivity contribution in [2.45, 2.75) is 31.2 Å². The minimum Gasteiger partial charge on any atom is -0.452 e. The van der Waals surface area contributed by atoms with E-state index < -0.39 is 29.8 Å². The molecule has 0 unspecified atom stereocenters. The first-order valence-corrected chi connectivity index (χ1v) is 7.85. The molecule has 1 amide bonds. The average molecular weight is 351 g/mol. The molecule has 7 heteroatoms. The summed E-state index contributed by atoms with van der Waals surface area (Å²) in [6, 6.07) is 6.27. The first kappa shape index (κ1) is 18.0. The molecule has 0 aromatic heterocycles. The number of rotatable bonds is 5. The van der Waals surface area contributed by atoms with Gasteiger partial charge in [-0.05, 0) is 43.9 Å². The van der Waals surface area contributed by atoms with Crippen LogP contribution in [0.4, 0.5) is 4.39 Å². The van der Waals surface area contributed by atoms with E-state index in [1.165, 1.54) is 24.3 Å². The molecule has 1 N–H and O–H groups in total. The third-order valence-corrected chi connectivity index (χ3v) is 4.11. The lowest BCUT2D eigenvalue weighted by Crippen LogP contribution is -2.46. The number of hydrogen-bond donors (Lipinski definition) is 1. The maximum Gasteiger partial charge on any atom is 0.331 e. The number of esters is 1. The van der Waals surface area contributed by atoms with E-state index in [0.29, 0.717) is 12.8 Å². The number of carbonyl (C=O) groups excluding carboxylic acids is 2. The van der Waals surface area contributed by atoms with Crippen LogP contribution in [0.5, 0.6) is 0 Å². The van der Waals surface area contributed by atoms with Crippen molar-refractivity contribution in [2.75, 3.05) is 6.61 Å². The van der Waals surface area contributed by atoms with E-state index in [-0.39, 0.29) is 10.6 Å². The van der Waals surface area contributed by atoms with Crippen molar-refractivity contribution < 1.29 is 18.7 Å². The summed E-state index contributed by atoms with van der Waals surface area (Å²) in [5.41, 5.74) is -0.796. The van der Waals surface area contributed by atoms with Gasteiger partial charge in [0.25, 0.3) is 5.91 Å². The van der Waals surface area contributed by atoms with E-state index in [9.17, 15) is 19.2 Å². The zero-order chi connectivity index (χ0) is 17.6. The fourth-order valence-corrected chi connectivity index (χ4v) is 2.78. The first-order valence-electron chi connectivity index (χ1n) is 7.47. The van der Waals surface area contributed by atoms with Crippen LogP contribution in [0.3, 0.4) is 0 Å². The van der Waals surface area contributed by atoms with Gasteiger partial charge in [-0.15, -0.1) is 0 Å². The van der Waals surface area contributed by atoms with Gasteiger partial charge in [0.1, 0.15) is 11.4 Å². The van der Waals surface area contributed by atoms with Gasteiger partial charge in [0, 0.05) is 11.6 Å². The summed E-state index contributed by atoms with van der Waals surface area (Å²) in [7, 11) is 0. The molecular formula is C17H16ClFN2O3. The topological polar surface area (TPSA) is 79.2 Å². The molecule has 1 fully saturated rings. The maximum absolute atomic E-state index is 13.5. The molecule has 0 saturated heterocycles. The number of nitrogens with one attached hydrogen (secondary N) is 1. The van der Waals surface area contributed by atoms with E-state index >= 15 is 0 Å². The molecule has 1 aromatic carbocycles. The van der Waals surface area contributed by atoms with E-state index in [4.69, 9.17) is 16.3 Å². The smallest absolute Gasteiger partial charge is 0.331 e. The van der Waals surface area contributed by atoms with E-state index in [0.717, 1.165) is 18.9 Å². The third-order valence-electron chi connectivity index (χ3n) is 3.78. The van der Waals surface area contributed by atoms with Gasteiger partial charge in [0.05, 0.1) is 11.1 Å². The van der Waals surface area contributed by atoms with E-state index in [1.807, 2.05) is 0 Å². The SMILES string of the molecule is N#CC1(NC(=O)COC(=O)/C=C/c2c(F)cccc2Cl)CCCC1.